The summed E-state index contributed by atoms with van der Waals surface area (Å²) in [6, 6.07) is 1.69. The van der Waals surface area contributed by atoms with E-state index in [4.69, 9.17) is 21.1 Å². The molecule has 124 valence electrons. The lowest BCUT2D eigenvalue weighted by Crippen LogP contribution is -2.60. The number of pyridine rings is 2. The van der Waals surface area contributed by atoms with Crippen LogP contribution in [0.1, 0.15) is 5.89 Å². The predicted octanol–water partition coefficient (Wildman–Crippen LogP) is 2.53. The Morgan fingerprint density at radius 1 is 1.46 bits per heavy atom. The molecule has 3 aromatic rings. The molecule has 0 saturated carbocycles. The third-order valence-electron chi connectivity index (χ3n) is 4.25. The highest BCUT2D eigenvalue weighted by atomic mass is 35.5. The number of carboxylic acid groups (broad SMARTS) is 1. The molecular formula is C15H14ClN5O3. The van der Waals surface area contributed by atoms with Crippen LogP contribution in [0.5, 0.6) is 0 Å². The summed E-state index contributed by atoms with van der Waals surface area (Å²) < 4.78 is 5.73. The standard InChI is InChI=1S/C15H14ClN5O3/c1-7-18-11-12(24-7)10-3-8(16)4-17-13(10)19-14(11)21-5-9(6-21)20(2)15(22)23/h3-4,9H,5-6H2,1-2H3,(H,22,23). The first-order valence-corrected chi connectivity index (χ1v) is 7.75. The van der Waals surface area contributed by atoms with Gasteiger partial charge in [0.15, 0.2) is 28.5 Å². The number of anilines is 1. The average Bonchev–Trinajstić information content (AvgIpc) is 2.88. The highest BCUT2D eigenvalue weighted by Crippen LogP contribution is 2.34. The van der Waals surface area contributed by atoms with Crippen molar-refractivity contribution in [3.8, 4) is 0 Å². The van der Waals surface area contributed by atoms with E-state index in [2.05, 4.69) is 15.0 Å². The summed E-state index contributed by atoms with van der Waals surface area (Å²) in [5.41, 5.74) is 1.76. The molecule has 1 fully saturated rings. The molecule has 0 radical (unpaired) electrons. The average molecular weight is 348 g/mol. The molecule has 0 spiro atoms. The van der Waals surface area contributed by atoms with Gasteiger partial charge in [0.25, 0.3) is 0 Å². The van der Waals surface area contributed by atoms with Crippen LogP contribution in [-0.4, -0.2) is 57.2 Å². The smallest absolute Gasteiger partial charge is 0.407 e. The fraction of sp³-hybridized carbons (Fsp3) is 0.333. The molecule has 4 rings (SSSR count). The molecule has 4 heterocycles. The fourth-order valence-electron chi connectivity index (χ4n) is 2.85. The maximum atomic E-state index is 11.0. The van der Waals surface area contributed by atoms with Gasteiger partial charge in [-0.05, 0) is 6.07 Å². The number of fused-ring (bicyclic) bond motifs is 3. The molecule has 0 atom stereocenters. The van der Waals surface area contributed by atoms with Gasteiger partial charge in [-0.2, -0.15) is 0 Å². The van der Waals surface area contributed by atoms with E-state index in [-0.39, 0.29) is 6.04 Å². The summed E-state index contributed by atoms with van der Waals surface area (Å²) in [6.45, 7) is 2.87. The van der Waals surface area contributed by atoms with Crippen LogP contribution >= 0.6 is 11.6 Å². The van der Waals surface area contributed by atoms with Crippen LogP contribution < -0.4 is 4.90 Å². The lowest BCUT2D eigenvalue weighted by molar-refractivity contribution is 0.130. The Hall–Kier alpha value is -2.61. The molecule has 0 unspecified atom stereocenters. The van der Waals surface area contributed by atoms with E-state index in [1.54, 1.807) is 20.0 Å². The summed E-state index contributed by atoms with van der Waals surface area (Å²) in [4.78, 5) is 27.6. The molecule has 24 heavy (non-hydrogen) atoms. The molecule has 8 nitrogen and oxygen atoms in total. The van der Waals surface area contributed by atoms with Gasteiger partial charge in [-0.1, -0.05) is 11.6 Å². The van der Waals surface area contributed by atoms with Crippen molar-refractivity contribution in [2.75, 3.05) is 25.0 Å². The van der Waals surface area contributed by atoms with Gasteiger partial charge in [-0.15, -0.1) is 0 Å². The van der Waals surface area contributed by atoms with Crippen LogP contribution in [0.3, 0.4) is 0 Å². The van der Waals surface area contributed by atoms with Gasteiger partial charge < -0.3 is 19.3 Å². The van der Waals surface area contributed by atoms with Crippen molar-refractivity contribution < 1.29 is 14.3 Å². The molecule has 1 amide bonds. The number of hydrogen-bond acceptors (Lipinski definition) is 6. The van der Waals surface area contributed by atoms with Gasteiger partial charge in [-0.3, -0.25) is 0 Å². The van der Waals surface area contributed by atoms with Crippen LogP contribution in [0.25, 0.3) is 22.1 Å². The SMILES string of the molecule is Cc1nc2c(N3CC(N(C)C(=O)O)C3)nc3ncc(Cl)cc3c2o1. The Bertz CT molecular complexity index is 967. The zero-order chi connectivity index (χ0) is 17.0. The third-order valence-corrected chi connectivity index (χ3v) is 4.45. The van der Waals surface area contributed by atoms with Crippen LogP contribution in [-0.2, 0) is 0 Å². The van der Waals surface area contributed by atoms with E-state index < -0.39 is 6.09 Å². The molecule has 1 N–H and O–H groups in total. The summed E-state index contributed by atoms with van der Waals surface area (Å²) in [5, 5.41) is 10.3. The lowest BCUT2D eigenvalue weighted by atomic mass is 10.1. The first-order chi connectivity index (χ1) is 11.4. The number of rotatable bonds is 2. The number of likely N-dealkylation sites (N-methyl/N-ethyl adjacent to an activating group) is 1. The minimum Gasteiger partial charge on any atom is -0.465 e. The quantitative estimate of drug-likeness (QED) is 0.760. The predicted molar refractivity (Wildman–Crippen MR) is 88.6 cm³/mol. The van der Waals surface area contributed by atoms with Crippen molar-refractivity contribution >= 4 is 45.6 Å². The first-order valence-electron chi connectivity index (χ1n) is 7.37. The van der Waals surface area contributed by atoms with E-state index in [0.717, 1.165) is 0 Å². The van der Waals surface area contributed by atoms with Crippen molar-refractivity contribution in [2.24, 2.45) is 0 Å². The van der Waals surface area contributed by atoms with Crippen LogP contribution in [0, 0.1) is 6.92 Å². The third kappa shape index (κ3) is 2.22. The fourth-order valence-corrected chi connectivity index (χ4v) is 3.01. The van der Waals surface area contributed by atoms with Gasteiger partial charge in [0.1, 0.15) is 0 Å². The summed E-state index contributed by atoms with van der Waals surface area (Å²) in [7, 11) is 1.57. The lowest BCUT2D eigenvalue weighted by Gasteiger charge is -2.43. The topological polar surface area (TPSA) is 95.6 Å². The molecule has 3 aromatic heterocycles. The second kappa shape index (κ2) is 5.20. The normalized spacial score (nSPS) is 15.0. The van der Waals surface area contributed by atoms with Crippen molar-refractivity contribution in [1.82, 2.24) is 19.9 Å². The molecule has 0 aromatic carbocycles. The number of halogens is 1. The van der Waals surface area contributed by atoms with Crippen LogP contribution in [0.15, 0.2) is 16.7 Å². The summed E-state index contributed by atoms with van der Waals surface area (Å²) in [5.74, 6) is 1.18. The van der Waals surface area contributed by atoms with Crippen molar-refractivity contribution in [3.63, 3.8) is 0 Å². The number of amides is 1. The second-order valence-corrected chi connectivity index (χ2v) is 6.26. The van der Waals surface area contributed by atoms with Crippen molar-refractivity contribution in [3.05, 3.63) is 23.2 Å². The Balaban J connectivity index is 1.78. The number of nitrogens with zero attached hydrogens (tertiary/aromatic N) is 5. The van der Waals surface area contributed by atoms with Crippen LogP contribution in [0.2, 0.25) is 5.02 Å². The number of hydrogen-bond donors (Lipinski definition) is 1. The number of oxazole rings is 1. The number of aromatic nitrogens is 3. The largest absolute Gasteiger partial charge is 0.465 e. The molecule has 1 saturated heterocycles. The van der Waals surface area contributed by atoms with Crippen molar-refractivity contribution in [1.29, 1.82) is 0 Å². The summed E-state index contributed by atoms with van der Waals surface area (Å²) in [6.07, 6.45) is 0.595. The Labute approximate surface area is 141 Å². The van der Waals surface area contributed by atoms with Gasteiger partial charge in [-0.25, -0.2) is 19.7 Å². The molecule has 0 bridgehead atoms. The summed E-state index contributed by atoms with van der Waals surface area (Å²) >= 11 is 6.03. The van der Waals surface area contributed by atoms with E-state index in [0.29, 0.717) is 52.0 Å². The van der Waals surface area contributed by atoms with Crippen LogP contribution in [0.4, 0.5) is 10.6 Å². The molecule has 1 aliphatic rings. The van der Waals surface area contributed by atoms with Gasteiger partial charge in [0.05, 0.1) is 16.5 Å². The minimum absolute atomic E-state index is 0.0683. The molecular weight excluding hydrogens is 334 g/mol. The Morgan fingerprint density at radius 3 is 2.92 bits per heavy atom. The van der Waals surface area contributed by atoms with Gasteiger partial charge in [0.2, 0.25) is 0 Å². The highest BCUT2D eigenvalue weighted by Gasteiger charge is 2.35. The Morgan fingerprint density at radius 2 is 2.21 bits per heavy atom. The van der Waals surface area contributed by atoms with E-state index in [1.165, 1.54) is 11.1 Å². The Kier molecular flexibility index (Phi) is 3.24. The zero-order valence-electron chi connectivity index (χ0n) is 13.0. The minimum atomic E-state index is -0.940. The molecule has 0 aliphatic carbocycles. The maximum absolute atomic E-state index is 11.0. The molecule has 1 aliphatic heterocycles. The van der Waals surface area contributed by atoms with Gasteiger partial charge >= 0.3 is 6.09 Å². The van der Waals surface area contributed by atoms with E-state index in [9.17, 15) is 4.79 Å². The van der Waals surface area contributed by atoms with Gasteiger partial charge in [0, 0.05) is 33.3 Å². The molecule has 9 heteroatoms. The monoisotopic (exact) mass is 347 g/mol. The van der Waals surface area contributed by atoms with E-state index >= 15 is 0 Å². The highest BCUT2D eigenvalue weighted by molar-refractivity contribution is 6.31. The van der Waals surface area contributed by atoms with E-state index in [1.807, 2.05) is 4.90 Å². The van der Waals surface area contributed by atoms with Crippen molar-refractivity contribution in [2.45, 2.75) is 13.0 Å². The maximum Gasteiger partial charge on any atom is 0.407 e. The number of carbonyl (C=O) groups is 1. The zero-order valence-corrected chi connectivity index (χ0v) is 13.8. The number of aryl methyl sites for hydroxylation is 1. The second-order valence-electron chi connectivity index (χ2n) is 5.82. The first kappa shape index (κ1) is 14.9.